The highest BCUT2D eigenvalue weighted by molar-refractivity contribution is 14.0. The molecule has 5 nitrogen and oxygen atoms in total. The van der Waals surface area contributed by atoms with Gasteiger partial charge in [-0.25, -0.2) is 0 Å². The zero-order valence-electron chi connectivity index (χ0n) is 16.0. The summed E-state index contributed by atoms with van der Waals surface area (Å²) in [5.41, 5.74) is 0. The topological polar surface area (TPSA) is 48.9 Å². The lowest BCUT2D eigenvalue weighted by molar-refractivity contribution is 0.0258. The Morgan fingerprint density at radius 3 is 2.22 bits per heavy atom. The van der Waals surface area contributed by atoms with E-state index in [1.807, 2.05) is 7.05 Å². The summed E-state index contributed by atoms with van der Waals surface area (Å²) in [6.45, 7) is 16.8. The average Bonchev–Trinajstić information content (AvgIpc) is 2.51. The SMILES string of the molecule is CCCN(CC)CCNC(=NC)NCCC(OCC)C(C)C.I. The van der Waals surface area contributed by atoms with Crippen LogP contribution >= 0.6 is 24.0 Å². The van der Waals surface area contributed by atoms with Crippen LogP contribution in [0.3, 0.4) is 0 Å². The molecule has 2 N–H and O–H groups in total. The molecule has 0 spiro atoms. The van der Waals surface area contributed by atoms with E-state index in [1.54, 1.807) is 0 Å². The Morgan fingerprint density at radius 1 is 1.09 bits per heavy atom. The molecule has 0 aliphatic carbocycles. The fourth-order valence-corrected chi connectivity index (χ4v) is 2.45. The molecular weight excluding hydrogens is 403 g/mol. The molecule has 6 heteroatoms. The Labute approximate surface area is 161 Å². The Kier molecular flexibility index (Phi) is 18.3. The van der Waals surface area contributed by atoms with Gasteiger partial charge in [0.25, 0.3) is 0 Å². The Morgan fingerprint density at radius 2 is 1.74 bits per heavy atom. The van der Waals surface area contributed by atoms with Crippen molar-refractivity contribution in [2.75, 3.05) is 46.4 Å². The minimum atomic E-state index is 0. The van der Waals surface area contributed by atoms with Crippen LogP contribution in [0.15, 0.2) is 4.99 Å². The summed E-state index contributed by atoms with van der Waals surface area (Å²) in [6, 6.07) is 0. The van der Waals surface area contributed by atoms with Crippen molar-refractivity contribution in [1.29, 1.82) is 0 Å². The van der Waals surface area contributed by atoms with Gasteiger partial charge in [0.2, 0.25) is 0 Å². The third kappa shape index (κ3) is 12.9. The van der Waals surface area contributed by atoms with Crippen molar-refractivity contribution in [3.8, 4) is 0 Å². The molecular formula is C17H39IN4O. The van der Waals surface area contributed by atoms with Crippen LogP contribution in [-0.4, -0.2) is 63.3 Å². The van der Waals surface area contributed by atoms with E-state index in [0.29, 0.717) is 12.0 Å². The van der Waals surface area contributed by atoms with Crippen molar-refractivity contribution in [3.63, 3.8) is 0 Å². The quantitative estimate of drug-likeness (QED) is 0.277. The molecule has 0 saturated heterocycles. The monoisotopic (exact) mass is 442 g/mol. The highest BCUT2D eigenvalue weighted by atomic mass is 127. The molecule has 23 heavy (non-hydrogen) atoms. The van der Waals surface area contributed by atoms with E-state index in [0.717, 1.165) is 51.7 Å². The van der Waals surface area contributed by atoms with E-state index in [2.05, 4.69) is 55.1 Å². The standard InChI is InChI=1S/C17H38N4O.HI/c1-7-13-21(8-2)14-12-20-17(18-6)19-11-10-16(15(4)5)22-9-3;/h15-16H,7-14H2,1-6H3,(H2,18,19,20);1H. The molecule has 0 aromatic heterocycles. The molecule has 0 amide bonds. The molecule has 0 saturated carbocycles. The highest BCUT2D eigenvalue weighted by Crippen LogP contribution is 2.09. The van der Waals surface area contributed by atoms with Crippen LogP contribution in [0.25, 0.3) is 0 Å². The van der Waals surface area contributed by atoms with Gasteiger partial charge in [0.05, 0.1) is 6.10 Å². The molecule has 0 aliphatic heterocycles. The van der Waals surface area contributed by atoms with E-state index >= 15 is 0 Å². The predicted octanol–water partition coefficient (Wildman–Crippen LogP) is 2.95. The fraction of sp³-hybridized carbons (Fsp3) is 0.941. The number of hydrogen-bond donors (Lipinski definition) is 2. The molecule has 1 atom stereocenters. The summed E-state index contributed by atoms with van der Waals surface area (Å²) in [4.78, 5) is 6.73. The lowest BCUT2D eigenvalue weighted by Crippen LogP contribution is -2.42. The maximum absolute atomic E-state index is 5.77. The lowest BCUT2D eigenvalue weighted by atomic mass is 10.0. The number of aliphatic imine (C=N–C) groups is 1. The molecule has 0 fully saturated rings. The maximum Gasteiger partial charge on any atom is 0.191 e. The molecule has 0 rings (SSSR count). The van der Waals surface area contributed by atoms with Gasteiger partial charge in [-0.2, -0.15) is 0 Å². The number of hydrogen-bond acceptors (Lipinski definition) is 3. The second-order valence-corrected chi connectivity index (χ2v) is 5.89. The predicted molar refractivity (Wildman–Crippen MR) is 112 cm³/mol. The second-order valence-electron chi connectivity index (χ2n) is 5.89. The van der Waals surface area contributed by atoms with E-state index in [4.69, 9.17) is 4.74 Å². The number of rotatable bonds is 12. The zero-order valence-corrected chi connectivity index (χ0v) is 18.4. The number of likely N-dealkylation sites (N-methyl/N-ethyl adjacent to an activating group) is 1. The van der Waals surface area contributed by atoms with Gasteiger partial charge in [0, 0.05) is 33.3 Å². The van der Waals surface area contributed by atoms with Gasteiger partial charge in [-0.1, -0.05) is 27.7 Å². The van der Waals surface area contributed by atoms with Crippen LogP contribution in [0.4, 0.5) is 0 Å². The van der Waals surface area contributed by atoms with Crippen molar-refractivity contribution < 1.29 is 4.74 Å². The molecule has 1 unspecified atom stereocenters. The summed E-state index contributed by atoms with van der Waals surface area (Å²) >= 11 is 0. The van der Waals surface area contributed by atoms with Gasteiger partial charge in [-0.15, -0.1) is 24.0 Å². The first-order chi connectivity index (χ1) is 10.6. The zero-order chi connectivity index (χ0) is 16.8. The number of ether oxygens (including phenoxy) is 1. The summed E-state index contributed by atoms with van der Waals surface area (Å²) in [5.74, 6) is 1.43. The van der Waals surface area contributed by atoms with Crippen molar-refractivity contribution in [1.82, 2.24) is 15.5 Å². The molecule has 0 bridgehead atoms. The third-order valence-corrected chi connectivity index (χ3v) is 3.78. The Hall–Kier alpha value is -0.0800. The number of nitrogens with zero attached hydrogens (tertiary/aromatic N) is 2. The number of nitrogens with one attached hydrogen (secondary N) is 2. The van der Waals surface area contributed by atoms with E-state index < -0.39 is 0 Å². The smallest absolute Gasteiger partial charge is 0.191 e. The van der Waals surface area contributed by atoms with E-state index in [-0.39, 0.29) is 24.0 Å². The van der Waals surface area contributed by atoms with Crippen LogP contribution in [0.1, 0.15) is 47.5 Å². The molecule has 0 heterocycles. The van der Waals surface area contributed by atoms with Crippen LogP contribution in [0, 0.1) is 5.92 Å². The van der Waals surface area contributed by atoms with Crippen molar-refractivity contribution in [3.05, 3.63) is 0 Å². The summed E-state index contributed by atoms with van der Waals surface area (Å²) in [5, 5.41) is 6.76. The first-order valence-corrected chi connectivity index (χ1v) is 8.87. The first-order valence-electron chi connectivity index (χ1n) is 8.87. The minimum absolute atomic E-state index is 0. The van der Waals surface area contributed by atoms with Gasteiger partial charge in [0.1, 0.15) is 0 Å². The van der Waals surface area contributed by atoms with Crippen LogP contribution < -0.4 is 10.6 Å². The van der Waals surface area contributed by atoms with Crippen LogP contribution in [0.2, 0.25) is 0 Å². The Balaban J connectivity index is 0. The molecule has 0 aromatic rings. The number of halogens is 1. The fourth-order valence-electron chi connectivity index (χ4n) is 2.45. The summed E-state index contributed by atoms with van der Waals surface area (Å²) < 4.78 is 5.77. The van der Waals surface area contributed by atoms with Crippen LogP contribution in [0.5, 0.6) is 0 Å². The normalized spacial score (nSPS) is 13.1. The van der Waals surface area contributed by atoms with Crippen molar-refractivity contribution >= 4 is 29.9 Å². The Bertz CT molecular complexity index is 288. The first kappa shape index (κ1) is 25.2. The third-order valence-electron chi connectivity index (χ3n) is 3.78. The average molecular weight is 442 g/mol. The highest BCUT2D eigenvalue weighted by Gasteiger charge is 2.12. The van der Waals surface area contributed by atoms with Crippen LogP contribution in [-0.2, 0) is 4.74 Å². The van der Waals surface area contributed by atoms with E-state index in [9.17, 15) is 0 Å². The number of guanidine groups is 1. The largest absolute Gasteiger partial charge is 0.378 e. The summed E-state index contributed by atoms with van der Waals surface area (Å²) in [6.07, 6.45) is 2.52. The van der Waals surface area contributed by atoms with Gasteiger partial charge < -0.3 is 20.3 Å². The van der Waals surface area contributed by atoms with Gasteiger partial charge in [-0.05, 0) is 38.8 Å². The summed E-state index contributed by atoms with van der Waals surface area (Å²) in [7, 11) is 1.82. The van der Waals surface area contributed by atoms with Gasteiger partial charge >= 0.3 is 0 Å². The molecule has 0 aromatic carbocycles. The van der Waals surface area contributed by atoms with Crippen molar-refractivity contribution in [2.24, 2.45) is 10.9 Å². The van der Waals surface area contributed by atoms with E-state index in [1.165, 1.54) is 6.42 Å². The molecule has 140 valence electrons. The maximum atomic E-state index is 5.77. The lowest BCUT2D eigenvalue weighted by Gasteiger charge is -2.22. The van der Waals surface area contributed by atoms with Gasteiger partial charge in [0.15, 0.2) is 5.96 Å². The minimum Gasteiger partial charge on any atom is -0.378 e. The molecule has 0 aliphatic rings. The van der Waals surface area contributed by atoms with Gasteiger partial charge in [-0.3, -0.25) is 4.99 Å². The second kappa shape index (κ2) is 16.8. The molecule has 0 radical (unpaired) electrons. The van der Waals surface area contributed by atoms with Crippen molar-refractivity contribution in [2.45, 2.75) is 53.6 Å².